The first-order valence-electron chi connectivity index (χ1n) is 7.38. The Bertz CT molecular complexity index is 217. The molecule has 0 amide bonds. The van der Waals surface area contributed by atoms with Crippen LogP contribution in [-0.4, -0.2) is 39.5 Å². The summed E-state index contributed by atoms with van der Waals surface area (Å²) in [4.78, 5) is 0. The van der Waals surface area contributed by atoms with Crippen LogP contribution in [0.3, 0.4) is 0 Å². The molecule has 1 aliphatic carbocycles. The van der Waals surface area contributed by atoms with E-state index in [0.717, 1.165) is 32.2 Å². The summed E-state index contributed by atoms with van der Waals surface area (Å²) in [6, 6.07) is 0.807. The van der Waals surface area contributed by atoms with E-state index in [2.05, 4.69) is 26.1 Å². The molecule has 0 aromatic heterocycles. The van der Waals surface area contributed by atoms with E-state index in [0.29, 0.717) is 17.9 Å². The fourth-order valence-corrected chi connectivity index (χ4v) is 2.07. The minimum atomic E-state index is 0.396. The van der Waals surface area contributed by atoms with Crippen LogP contribution < -0.4 is 5.32 Å². The Kier molecular flexibility index (Phi) is 7.20. The quantitative estimate of drug-likeness (QED) is 0.577. The summed E-state index contributed by atoms with van der Waals surface area (Å²) in [5.74, 6) is 0.711. The Morgan fingerprint density at radius 3 is 2.50 bits per heavy atom. The van der Waals surface area contributed by atoms with Crippen LogP contribution in [-0.2, 0) is 9.47 Å². The van der Waals surface area contributed by atoms with Gasteiger partial charge in [0, 0.05) is 26.3 Å². The van der Waals surface area contributed by atoms with Crippen molar-refractivity contribution < 1.29 is 9.47 Å². The van der Waals surface area contributed by atoms with Gasteiger partial charge in [0.1, 0.15) is 0 Å². The van der Waals surface area contributed by atoms with Crippen molar-refractivity contribution in [3.8, 4) is 0 Å². The van der Waals surface area contributed by atoms with Crippen LogP contribution in [0.4, 0.5) is 0 Å². The molecule has 108 valence electrons. The maximum absolute atomic E-state index is 5.54. The van der Waals surface area contributed by atoms with E-state index in [9.17, 15) is 0 Å². The summed E-state index contributed by atoms with van der Waals surface area (Å²) in [6.07, 6.45) is 5.12. The zero-order chi connectivity index (χ0) is 13.4. The molecule has 0 spiro atoms. The lowest BCUT2D eigenvalue weighted by molar-refractivity contribution is 0.0607. The number of hydrogen-bond acceptors (Lipinski definition) is 3. The molecular formula is C15H31NO2. The van der Waals surface area contributed by atoms with E-state index in [1.54, 1.807) is 7.11 Å². The third kappa shape index (κ3) is 6.17. The highest BCUT2D eigenvalue weighted by atomic mass is 16.5. The van der Waals surface area contributed by atoms with E-state index in [4.69, 9.17) is 9.47 Å². The molecular weight excluding hydrogens is 226 g/mol. The lowest BCUT2D eigenvalue weighted by Gasteiger charge is -2.34. The first-order chi connectivity index (χ1) is 8.58. The van der Waals surface area contributed by atoms with E-state index >= 15 is 0 Å². The first kappa shape index (κ1) is 15.9. The molecule has 1 saturated carbocycles. The van der Waals surface area contributed by atoms with Gasteiger partial charge in [0.05, 0.1) is 13.2 Å². The molecule has 3 heteroatoms. The Hall–Kier alpha value is -0.120. The third-order valence-corrected chi connectivity index (χ3v) is 4.23. The maximum Gasteiger partial charge on any atom is 0.0700 e. The van der Waals surface area contributed by atoms with Gasteiger partial charge in [0.15, 0.2) is 0 Å². The molecule has 0 radical (unpaired) electrons. The van der Waals surface area contributed by atoms with Crippen LogP contribution in [0, 0.1) is 11.3 Å². The number of methoxy groups -OCH3 is 1. The Labute approximate surface area is 113 Å². The van der Waals surface area contributed by atoms with Gasteiger partial charge in [0.2, 0.25) is 0 Å². The first-order valence-corrected chi connectivity index (χ1v) is 7.38. The van der Waals surface area contributed by atoms with Crippen LogP contribution in [0.25, 0.3) is 0 Å². The smallest absolute Gasteiger partial charge is 0.0700 e. The molecule has 18 heavy (non-hydrogen) atoms. The van der Waals surface area contributed by atoms with E-state index < -0.39 is 0 Å². The van der Waals surface area contributed by atoms with Gasteiger partial charge < -0.3 is 14.8 Å². The van der Waals surface area contributed by atoms with Gasteiger partial charge in [-0.15, -0.1) is 0 Å². The zero-order valence-electron chi connectivity index (χ0n) is 12.6. The predicted octanol–water partition coefficient (Wildman–Crippen LogP) is 2.84. The van der Waals surface area contributed by atoms with Crippen LogP contribution in [0.15, 0.2) is 0 Å². The van der Waals surface area contributed by atoms with Gasteiger partial charge in [-0.25, -0.2) is 0 Å². The molecule has 1 unspecified atom stereocenters. The Morgan fingerprint density at radius 2 is 1.94 bits per heavy atom. The highest BCUT2D eigenvalue weighted by Gasteiger charge is 2.30. The summed E-state index contributed by atoms with van der Waals surface area (Å²) < 4.78 is 10.5. The minimum Gasteiger partial charge on any atom is -0.382 e. The van der Waals surface area contributed by atoms with Gasteiger partial charge in [-0.2, -0.15) is 0 Å². The second kappa shape index (κ2) is 8.13. The molecule has 1 aliphatic rings. The van der Waals surface area contributed by atoms with E-state index in [-0.39, 0.29) is 0 Å². The van der Waals surface area contributed by atoms with Crippen LogP contribution in [0.1, 0.15) is 46.5 Å². The number of rotatable bonds is 11. The molecule has 0 aliphatic heterocycles. The SMILES string of the molecule is COCCOCCCC(C)(CNC1CC1)C(C)C. The number of ether oxygens (including phenoxy) is 2. The molecule has 3 nitrogen and oxygen atoms in total. The predicted molar refractivity (Wildman–Crippen MR) is 75.9 cm³/mol. The second-order valence-corrected chi connectivity index (χ2v) is 6.17. The molecule has 0 bridgehead atoms. The number of nitrogens with one attached hydrogen (secondary N) is 1. The minimum absolute atomic E-state index is 0.396. The maximum atomic E-state index is 5.54. The molecule has 1 atom stereocenters. The third-order valence-electron chi connectivity index (χ3n) is 4.23. The molecule has 1 N–H and O–H groups in total. The van der Waals surface area contributed by atoms with Crippen molar-refractivity contribution in [2.45, 2.75) is 52.5 Å². The summed E-state index contributed by atoms with van der Waals surface area (Å²) in [5, 5.41) is 3.68. The van der Waals surface area contributed by atoms with E-state index in [1.165, 1.54) is 19.3 Å². The average Bonchev–Trinajstić information content (AvgIpc) is 3.15. The normalized spacial score (nSPS) is 19.2. The lowest BCUT2D eigenvalue weighted by Crippen LogP contribution is -2.37. The summed E-state index contributed by atoms with van der Waals surface area (Å²) in [5.41, 5.74) is 0.396. The average molecular weight is 257 g/mol. The van der Waals surface area contributed by atoms with Crippen molar-refractivity contribution in [3.05, 3.63) is 0 Å². The van der Waals surface area contributed by atoms with Gasteiger partial charge in [-0.1, -0.05) is 20.8 Å². The highest BCUT2D eigenvalue weighted by Crippen LogP contribution is 2.33. The summed E-state index contributed by atoms with van der Waals surface area (Å²) in [7, 11) is 1.71. The van der Waals surface area contributed by atoms with Crippen molar-refractivity contribution in [2.75, 3.05) is 33.5 Å². The zero-order valence-corrected chi connectivity index (χ0v) is 12.6. The van der Waals surface area contributed by atoms with Crippen molar-refractivity contribution in [2.24, 2.45) is 11.3 Å². The fraction of sp³-hybridized carbons (Fsp3) is 1.00. The second-order valence-electron chi connectivity index (χ2n) is 6.17. The molecule has 0 aromatic rings. The molecule has 1 rings (SSSR count). The summed E-state index contributed by atoms with van der Waals surface area (Å²) in [6.45, 7) is 10.5. The Balaban J connectivity index is 2.14. The van der Waals surface area contributed by atoms with Crippen LogP contribution >= 0.6 is 0 Å². The van der Waals surface area contributed by atoms with Crippen molar-refractivity contribution in [3.63, 3.8) is 0 Å². The highest BCUT2D eigenvalue weighted by molar-refractivity contribution is 4.87. The fourth-order valence-electron chi connectivity index (χ4n) is 2.07. The Morgan fingerprint density at radius 1 is 1.22 bits per heavy atom. The van der Waals surface area contributed by atoms with Gasteiger partial charge in [0.25, 0.3) is 0 Å². The largest absolute Gasteiger partial charge is 0.382 e. The monoisotopic (exact) mass is 257 g/mol. The lowest BCUT2D eigenvalue weighted by atomic mass is 9.75. The summed E-state index contributed by atoms with van der Waals surface area (Å²) >= 11 is 0. The molecule has 0 saturated heterocycles. The van der Waals surface area contributed by atoms with Gasteiger partial charge in [-0.05, 0) is 37.0 Å². The van der Waals surface area contributed by atoms with Crippen molar-refractivity contribution in [1.29, 1.82) is 0 Å². The van der Waals surface area contributed by atoms with Gasteiger partial charge in [-0.3, -0.25) is 0 Å². The van der Waals surface area contributed by atoms with Crippen LogP contribution in [0.5, 0.6) is 0 Å². The van der Waals surface area contributed by atoms with Crippen molar-refractivity contribution >= 4 is 0 Å². The molecule has 0 heterocycles. The molecule has 1 fully saturated rings. The van der Waals surface area contributed by atoms with Gasteiger partial charge >= 0.3 is 0 Å². The standard InChI is InChI=1S/C15H31NO2/c1-13(2)15(3,12-16-14-6-7-14)8-5-9-18-11-10-17-4/h13-14,16H,5-12H2,1-4H3. The topological polar surface area (TPSA) is 30.5 Å². The number of hydrogen-bond donors (Lipinski definition) is 1. The van der Waals surface area contributed by atoms with E-state index in [1.807, 2.05) is 0 Å². The van der Waals surface area contributed by atoms with Crippen molar-refractivity contribution in [1.82, 2.24) is 5.32 Å². The molecule has 0 aromatic carbocycles. The van der Waals surface area contributed by atoms with Crippen LogP contribution in [0.2, 0.25) is 0 Å².